The van der Waals surface area contributed by atoms with Gasteiger partial charge in [-0.2, -0.15) is 0 Å². The van der Waals surface area contributed by atoms with Gasteiger partial charge in [0, 0.05) is 10.6 Å². The van der Waals surface area contributed by atoms with Gasteiger partial charge >= 0.3 is 5.97 Å². The van der Waals surface area contributed by atoms with E-state index in [1.807, 2.05) is 0 Å². The molecular formula is C11H11ClO3. The maximum atomic E-state index is 11.5. The highest BCUT2D eigenvalue weighted by atomic mass is 35.5. The fourth-order valence-electron chi connectivity index (χ4n) is 1.02. The predicted octanol–water partition coefficient (Wildman–Crippen LogP) is 2.47. The Hall–Kier alpha value is -1.35. The lowest BCUT2D eigenvalue weighted by atomic mass is 10.1. The minimum atomic E-state index is -0.854. The molecule has 0 heterocycles. The lowest BCUT2D eigenvalue weighted by Gasteiger charge is -2.06. The fraction of sp³-hybridized carbons (Fsp3) is 0.273. The van der Waals surface area contributed by atoms with Crippen molar-refractivity contribution in [1.29, 1.82) is 0 Å². The molecule has 15 heavy (non-hydrogen) atoms. The second-order valence-corrected chi connectivity index (χ2v) is 3.73. The van der Waals surface area contributed by atoms with Gasteiger partial charge < -0.3 is 4.74 Å². The Balaban J connectivity index is 2.81. The van der Waals surface area contributed by atoms with E-state index in [1.54, 1.807) is 26.0 Å². The van der Waals surface area contributed by atoms with Crippen molar-refractivity contribution in [2.75, 3.05) is 0 Å². The summed E-state index contributed by atoms with van der Waals surface area (Å²) >= 11 is 5.70. The van der Waals surface area contributed by atoms with Crippen LogP contribution in [0.4, 0.5) is 0 Å². The Bertz CT molecular complexity index is 385. The maximum Gasteiger partial charge on any atom is 0.379 e. The van der Waals surface area contributed by atoms with Gasteiger partial charge in [-0.15, -0.1) is 0 Å². The van der Waals surface area contributed by atoms with Gasteiger partial charge in [0.25, 0.3) is 5.78 Å². The molecule has 4 heteroatoms. The van der Waals surface area contributed by atoms with Gasteiger partial charge in [0.15, 0.2) is 0 Å². The number of hydrogen-bond acceptors (Lipinski definition) is 3. The summed E-state index contributed by atoms with van der Waals surface area (Å²) in [7, 11) is 0. The number of hydrogen-bond donors (Lipinski definition) is 0. The van der Waals surface area contributed by atoms with Gasteiger partial charge in [-0.3, -0.25) is 4.79 Å². The summed E-state index contributed by atoms with van der Waals surface area (Å²) in [5.41, 5.74) is 0.244. The molecule has 1 rings (SSSR count). The van der Waals surface area contributed by atoms with Crippen LogP contribution in [0.1, 0.15) is 24.2 Å². The van der Waals surface area contributed by atoms with Crippen LogP contribution in [0, 0.1) is 0 Å². The number of carbonyl (C=O) groups excluding carboxylic acids is 2. The van der Waals surface area contributed by atoms with Gasteiger partial charge in [0.1, 0.15) is 0 Å². The van der Waals surface area contributed by atoms with E-state index in [-0.39, 0.29) is 11.7 Å². The minimum absolute atomic E-state index is 0.244. The molecule has 0 bridgehead atoms. The summed E-state index contributed by atoms with van der Waals surface area (Å²) in [5, 5.41) is 0.415. The van der Waals surface area contributed by atoms with Crippen molar-refractivity contribution < 1.29 is 14.3 Å². The molecule has 0 amide bonds. The first-order valence-electron chi connectivity index (χ1n) is 4.51. The van der Waals surface area contributed by atoms with Crippen LogP contribution < -0.4 is 0 Å². The molecule has 80 valence electrons. The number of carbonyl (C=O) groups is 2. The van der Waals surface area contributed by atoms with Crippen LogP contribution in [-0.2, 0) is 9.53 Å². The van der Waals surface area contributed by atoms with Gasteiger partial charge in [-0.05, 0) is 26.0 Å². The highest BCUT2D eigenvalue weighted by Gasteiger charge is 2.18. The van der Waals surface area contributed by atoms with Crippen molar-refractivity contribution in [2.24, 2.45) is 0 Å². The molecule has 0 fully saturated rings. The molecule has 0 spiro atoms. The van der Waals surface area contributed by atoms with E-state index in [0.717, 1.165) is 0 Å². The van der Waals surface area contributed by atoms with E-state index >= 15 is 0 Å². The Labute approximate surface area is 93.0 Å². The van der Waals surface area contributed by atoms with Crippen LogP contribution in [0.25, 0.3) is 0 Å². The van der Waals surface area contributed by atoms with E-state index in [4.69, 9.17) is 16.3 Å². The van der Waals surface area contributed by atoms with Crippen LogP contribution in [0.3, 0.4) is 0 Å². The SMILES string of the molecule is CC(C)OC(=O)C(=O)c1cccc(Cl)c1. The second kappa shape index (κ2) is 4.94. The molecule has 0 unspecified atom stereocenters. The Morgan fingerprint density at radius 2 is 2.00 bits per heavy atom. The maximum absolute atomic E-state index is 11.5. The molecule has 0 saturated heterocycles. The predicted molar refractivity (Wildman–Crippen MR) is 57.0 cm³/mol. The number of benzene rings is 1. The number of ether oxygens (including phenoxy) is 1. The number of Topliss-reactive ketones (excluding diaryl/α,β-unsaturated/α-hetero) is 1. The van der Waals surface area contributed by atoms with Crippen LogP contribution >= 0.6 is 11.6 Å². The van der Waals surface area contributed by atoms with Crippen LogP contribution in [-0.4, -0.2) is 17.9 Å². The molecule has 1 aromatic carbocycles. The van der Waals surface area contributed by atoms with E-state index < -0.39 is 11.8 Å². The highest BCUT2D eigenvalue weighted by molar-refractivity contribution is 6.41. The molecule has 0 aliphatic heterocycles. The number of halogens is 1. The fourth-order valence-corrected chi connectivity index (χ4v) is 1.21. The normalized spacial score (nSPS) is 10.1. The Morgan fingerprint density at radius 1 is 1.33 bits per heavy atom. The molecule has 0 N–H and O–H groups in total. The van der Waals surface area contributed by atoms with Crippen LogP contribution in [0.15, 0.2) is 24.3 Å². The topological polar surface area (TPSA) is 43.4 Å². The van der Waals surface area contributed by atoms with Crippen molar-refractivity contribution in [3.63, 3.8) is 0 Å². The first-order valence-corrected chi connectivity index (χ1v) is 4.89. The molecule has 0 aliphatic rings. The van der Waals surface area contributed by atoms with E-state index in [2.05, 4.69) is 0 Å². The molecule has 0 atom stereocenters. The van der Waals surface area contributed by atoms with Crippen molar-refractivity contribution >= 4 is 23.4 Å². The summed E-state index contributed by atoms with van der Waals surface area (Å²) in [5.74, 6) is -1.53. The van der Waals surface area contributed by atoms with Crippen molar-refractivity contribution in [1.82, 2.24) is 0 Å². The third-order valence-electron chi connectivity index (χ3n) is 1.61. The van der Waals surface area contributed by atoms with Gasteiger partial charge in [0.2, 0.25) is 0 Å². The first-order chi connectivity index (χ1) is 7.00. The summed E-state index contributed by atoms with van der Waals surface area (Å²) in [6.45, 7) is 3.37. The standard InChI is InChI=1S/C11H11ClO3/c1-7(2)15-11(14)10(13)8-4-3-5-9(12)6-8/h3-7H,1-2H3. The summed E-state index contributed by atoms with van der Waals surface area (Å²) in [6, 6.07) is 6.20. The average Bonchev–Trinajstić information content (AvgIpc) is 2.15. The zero-order chi connectivity index (χ0) is 11.4. The molecule has 0 aliphatic carbocycles. The number of ketones is 1. The van der Waals surface area contributed by atoms with E-state index in [9.17, 15) is 9.59 Å². The largest absolute Gasteiger partial charge is 0.457 e. The lowest BCUT2D eigenvalue weighted by Crippen LogP contribution is -2.21. The molecule has 0 saturated carbocycles. The number of esters is 1. The van der Waals surface area contributed by atoms with E-state index in [1.165, 1.54) is 12.1 Å². The second-order valence-electron chi connectivity index (χ2n) is 3.29. The quantitative estimate of drug-likeness (QED) is 0.452. The molecular weight excluding hydrogens is 216 g/mol. The van der Waals surface area contributed by atoms with Gasteiger partial charge in [-0.1, -0.05) is 23.7 Å². The Morgan fingerprint density at radius 3 is 2.53 bits per heavy atom. The number of rotatable bonds is 3. The average molecular weight is 227 g/mol. The molecule has 1 aromatic rings. The summed E-state index contributed by atoms with van der Waals surface area (Å²) in [6.07, 6.45) is -0.305. The van der Waals surface area contributed by atoms with Crippen molar-refractivity contribution in [3.05, 3.63) is 34.9 Å². The van der Waals surface area contributed by atoms with Crippen molar-refractivity contribution in [3.8, 4) is 0 Å². The lowest BCUT2D eigenvalue weighted by molar-refractivity contribution is -0.141. The Kier molecular flexibility index (Phi) is 3.86. The highest BCUT2D eigenvalue weighted by Crippen LogP contribution is 2.11. The first kappa shape index (κ1) is 11.7. The van der Waals surface area contributed by atoms with E-state index in [0.29, 0.717) is 5.02 Å². The summed E-state index contributed by atoms with van der Waals surface area (Å²) in [4.78, 5) is 22.7. The van der Waals surface area contributed by atoms with Crippen LogP contribution in [0.2, 0.25) is 5.02 Å². The third kappa shape index (κ3) is 3.36. The molecule has 0 radical (unpaired) electrons. The van der Waals surface area contributed by atoms with Gasteiger partial charge in [-0.25, -0.2) is 4.79 Å². The monoisotopic (exact) mass is 226 g/mol. The van der Waals surface area contributed by atoms with Crippen molar-refractivity contribution in [2.45, 2.75) is 20.0 Å². The zero-order valence-electron chi connectivity index (χ0n) is 8.49. The smallest absolute Gasteiger partial charge is 0.379 e. The molecule has 0 aromatic heterocycles. The minimum Gasteiger partial charge on any atom is -0.457 e. The third-order valence-corrected chi connectivity index (χ3v) is 1.85. The van der Waals surface area contributed by atoms with Crippen LogP contribution in [0.5, 0.6) is 0 Å². The zero-order valence-corrected chi connectivity index (χ0v) is 9.25. The summed E-state index contributed by atoms with van der Waals surface area (Å²) < 4.78 is 4.77. The molecule has 3 nitrogen and oxygen atoms in total. The van der Waals surface area contributed by atoms with Gasteiger partial charge in [0.05, 0.1) is 6.10 Å².